The quantitative estimate of drug-likeness (QED) is 0.839. The first-order valence-corrected chi connectivity index (χ1v) is 8.83. The smallest absolute Gasteiger partial charge is 0.229 e. The van der Waals surface area contributed by atoms with Crippen LogP contribution >= 0.6 is 23.2 Å². The number of rotatable bonds is 4. The van der Waals surface area contributed by atoms with E-state index in [0.717, 1.165) is 0 Å². The van der Waals surface area contributed by atoms with Crippen LogP contribution in [0.3, 0.4) is 0 Å². The summed E-state index contributed by atoms with van der Waals surface area (Å²) in [6, 6.07) is 11.6. The van der Waals surface area contributed by atoms with Crippen molar-refractivity contribution in [1.82, 2.24) is 0 Å². The highest BCUT2D eigenvalue weighted by Gasteiger charge is 2.36. The van der Waals surface area contributed by atoms with Crippen LogP contribution in [0.5, 0.6) is 5.75 Å². The van der Waals surface area contributed by atoms with Gasteiger partial charge in [0.05, 0.1) is 29.3 Å². The minimum absolute atomic E-state index is 0.0749. The minimum Gasteiger partial charge on any atom is -0.495 e. The van der Waals surface area contributed by atoms with Gasteiger partial charge in [0.1, 0.15) is 11.8 Å². The van der Waals surface area contributed by atoms with Crippen LogP contribution in [0.1, 0.15) is 12.0 Å². The zero-order valence-electron chi connectivity index (χ0n) is 14.3. The first-order valence-electron chi connectivity index (χ1n) is 8.07. The van der Waals surface area contributed by atoms with Gasteiger partial charge in [-0.15, -0.1) is 0 Å². The van der Waals surface area contributed by atoms with E-state index in [1.807, 2.05) is 6.07 Å². The van der Waals surface area contributed by atoms with Crippen molar-refractivity contribution in [2.75, 3.05) is 23.9 Å². The van der Waals surface area contributed by atoms with Crippen LogP contribution in [0, 0.1) is 17.2 Å². The van der Waals surface area contributed by atoms with Gasteiger partial charge in [-0.25, -0.2) is 0 Å². The zero-order valence-corrected chi connectivity index (χ0v) is 15.8. The summed E-state index contributed by atoms with van der Waals surface area (Å²) in [6.07, 6.45) is 0.0749. The maximum Gasteiger partial charge on any atom is 0.229 e. The molecule has 6 nitrogen and oxygen atoms in total. The minimum atomic E-state index is -0.532. The maximum atomic E-state index is 12.6. The fourth-order valence-electron chi connectivity index (χ4n) is 2.92. The number of carbonyl (C=O) groups is 2. The first kappa shape index (κ1) is 19.0. The summed E-state index contributed by atoms with van der Waals surface area (Å²) in [5, 5.41) is 12.4. The Morgan fingerprint density at radius 1 is 1.30 bits per heavy atom. The van der Waals surface area contributed by atoms with E-state index in [4.69, 9.17) is 33.2 Å². The second-order valence-corrected chi connectivity index (χ2v) is 6.86. The molecule has 2 amide bonds. The number of ether oxygens (including phenoxy) is 1. The van der Waals surface area contributed by atoms with Gasteiger partial charge in [0.25, 0.3) is 0 Å². The Kier molecular flexibility index (Phi) is 5.54. The normalized spacial score (nSPS) is 16.1. The second-order valence-electron chi connectivity index (χ2n) is 6.02. The van der Waals surface area contributed by atoms with Crippen molar-refractivity contribution >= 4 is 46.4 Å². The summed E-state index contributed by atoms with van der Waals surface area (Å²) in [7, 11) is 1.51. The van der Waals surface area contributed by atoms with Gasteiger partial charge in [0.2, 0.25) is 11.8 Å². The molecular formula is C19H15Cl2N3O3. The molecular weight excluding hydrogens is 389 g/mol. The number of anilines is 2. The molecule has 1 aliphatic rings. The number of nitrogens with zero attached hydrogens (tertiary/aromatic N) is 2. The topological polar surface area (TPSA) is 82.4 Å². The number of carbonyl (C=O) groups excluding carboxylic acids is 2. The molecule has 0 spiro atoms. The summed E-state index contributed by atoms with van der Waals surface area (Å²) in [4.78, 5) is 26.5. The van der Waals surface area contributed by atoms with E-state index in [9.17, 15) is 9.59 Å². The number of nitrogens with one attached hydrogen (secondary N) is 1. The van der Waals surface area contributed by atoms with Gasteiger partial charge in [-0.05, 0) is 36.4 Å². The molecule has 0 saturated carbocycles. The number of benzene rings is 2. The fraction of sp³-hybridized carbons (Fsp3) is 0.211. The van der Waals surface area contributed by atoms with Crippen molar-refractivity contribution in [3.63, 3.8) is 0 Å². The average molecular weight is 404 g/mol. The predicted octanol–water partition coefficient (Wildman–Crippen LogP) is 3.87. The van der Waals surface area contributed by atoms with Crippen LogP contribution in [0.25, 0.3) is 0 Å². The molecule has 138 valence electrons. The summed E-state index contributed by atoms with van der Waals surface area (Å²) in [6.45, 7) is 0.214. The number of methoxy groups -OCH3 is 1. The van der Waals surface area contributed by atoms with E-state index in [2.05, 4.69) is 5.32 Å². The van der Waals surface area contributed by atoms with Gasteiger partial charge in [-0.1, -0.05) is 23.2 Å². The van der Waals surface area contributed by atoms with Crippen LogP contribution in [0.2, 0.25) is 10.0 Å². The van der Waals surface area contributed by atoms with E-state index >= 15 is 0 Å². The Morgan fingerprint density at radius 3 is 2.74 bits per heavy atom. The summed E-state index contributed by atoms with van der Waals surface area (Å²) >= 11 is 12.0. The number of hydrogen-bond acceptors (Lipinski definition) is 4. The highest BCUT2D eigenvalue weighted by molar-refractivity contribution is 6.32. The van der Waals surface area contributed by atoms with E-state index in [0.29, 0.717) is 27.7 Å². The Morgan fingerprint density at radius 2 is 2.07 bits per heavy atom. The van der Waals surface area contributed by atoms with Gasteiger partial charge >= 0.3 is 0 Å². The Balaban J connectivity index is 1.75. The third-order valence-electron chi connectivity index (χ3n) is 4.28. The second kappa shape index (κ2) is 7.87. The Labute approximate surface area is 166 Å². The molecule has 0 unspecified atom stereocenters. The zero-order chi connectivity index (χ0) is 19.6. The molecule has 1 atom stereocenters. The maximum absolute atomic E-state index is 12.6. The van der Waals surface area contributed by atoms with Gasteiger partial charge in [-0.3, -0.25) is 9.59 Å². The molecule has 3 rings (SSSR count). The molecule has 2 aromatic carbocycles. The first-order chi connectivity index (χ1) is 12.9. The van der Waals surface area contributed by atoms with Crippen molar-refractivity contribution in [3.05, 3.63) is 52.0 Å². The van der Waals surface area contributed by atoms with Crippen LogP contribution in [-0.4, -0.2) is 25.5 Å². The van der Waals surface area contributed by atoms with Gasteiger partial charge in [-0.2, -0.15) is 5.26 Å². The largest absolute Gasteiger partial charge is 0.495 e. The standard InChI is InChI=1S/C19H15Cl2N3O3/c1-27-17-5-3-13(20)7-16(17)24-10-12(6-18(24)25)19(26)23-14-4-2-11(9-22)15(21)8-14/h2-5,7-8,12H,6,10H2,1H3,(H,23,26)/t12-/m0/s1. The van der Waals surface area contributed by atoms with Crippen molar-refractivity contribution < 1.29 is 14.3 Å². The lowest BCUT2D eigenvalue weighted by molar-refractivity contribution is -0.122. The molecule has 0 radical (unpaired) electrons. The van der Waals surface area contributed by atoms with E-state index in [-0.39, 0.29) is 29.8 Å². The van der Waals surface area contributed by atoms with Crippen LogP contribution in [-0.2, 0) is 9.59 Å². The van der Waals surface area contributed by atoms with Crippen molar-refractivity contribution in [1.29, 1.82) is 5.26 Å². The summed E-state index contributed by atoms with van der Waals surface area (Å²) in [5.74, 6) is -0.510. The molecule has 8 heteroatoms. The van der Waals surface area contributed by atoms with Crippen molar-refractivity contribution in [2.45, 2.75) is 6.42 Å². The molecule has 0 aromatic heterocycles. The van der Waals surface area contributed by atoms with Crippen LogP contribution < -0.4 is 15.0 Å². The highest BCUT2D eigenvalue weighted by atomic mass is 35.5. The molecule has 2 aromatic rings. The number of halogens is 2. The third kappa shape index (κ3) is 4.00. The molecule has 1 aliphatic heterocycles. The highest BCUT2D eigenvalue weighted by Crippen LogP contribution is 2.35. The molecule has 1 heterocycles. The molecule has 1 N–H and O–H groups in total. The van der Waals surface area contributed by atoms with Gasteiger partial charge < -0.3 is 15.0 Å². The van der Waals surface area contributed by atoms with E-state index in [1.54, 1.807) is 24.3 Å². The lowest BCUT2D eigenvalue weighted by Gasteiger charge is -2.20. The van der Waals surface area contributed by atoms with Crippen LogP contribution in [0.15, 0.2) is 36.4 Å². The molecule has 27 heavy (non-hydrogen) atoms. The van der Waals surface area contributed by atoms with Gasteiger partial charge in [0.15, 0.2) is 0 Å². The monoisotopic (exact) mass is 403 g/mol. The number of nitriles is 1. The predicted molar refractivity (Wildman–Crippen MR) is 103 cm³/mol. The molecule has 1 fully saturated rings. The van der Waals surface area contributed by atoms with E-state index < -0.39 is 5.92 Å². The van der Waals surface area contributed by atoms with Crippen molar-refractivity contribution in [3.8, 4) is 11.8 Å². The van der Waals surface area contributed by atoms with Crippen LogP contribution in [0.4, 0.5) is 11.4 Å². The Hall–Kier alpha value is -2.75. The van der Waals surface area contributed by atoms with Crippen molar-refractivity contribution in [2.24, 2.45) is 5.92 Å². The lowest BCUT2D eigenvalue weighted by atomic mass is 10.1. The average Bonchev–Trinajstić information content (AvgIpc) is 3.03. The molecule has 1 saturated heterocycles. The third-order valence-corrected chi connectivity index (χ3v) is 4.83. The SMILES string of the molecule is COc1ccc(Cl)cc1N1C[C@@H](C(=O)Nc2ccc(C#N)c(Cl)c2)CC1=O. The fourth-order valence-corrected chi connectivity index (χ4v) is 3.31. The molecule has 0 aliphatic carbocycles. The Bertz CT molecular complexity index is 956. The number of hydrogen-bond donors (Lipinski definition) is 1. The lowest BCUT2D eigenvalue weighted by Crippen LogP contribution is -2.28. The summed E-state index contributed by atoms with van der Waals surface area (Å²) in [5.41, 5.74) is 1.33. The molecule has 0 bridgehead atoms. The van der Waals surface area contributed by atoms with Gasteiger partial charge in [0, 0.05) is 23.7 Å². The van der Waals surface area contributed by atoms with E-state index in [1.165, 1.54) is 24.1 Å². The number of amides is 2. The summed E-state index contributed by atoms with van der Waals surface area (Å²) < 4.78 is 5.29.